The highest BCUT2D eigenvalue weighted by molar-refractivity contribution is 5.62. The molecule has 4 nitrogen and oxygen atoms in total. The molecule has 2 aromatic rings. The summed E-state index contributed by atoms with van der Waals surface area (Å²) >= 11 is 0. The van der Waals surface area contributed by atoms with Gasteiger partial charge in [-0.25, -0.2) is 4.98 Å². The van der Waals surface area contributed by atoms with Crippen molar-refractivity contribution in [1.29, 1.82) is 0 Å². The van der Waals surface area contributed by atoms with Crippen molar-refractivity contribution in [1.82, 2.24) is 9.97 Å². The third-order valence-electron chi connectivity index (χ3n) is 3.62. The molecule has 0 saturated carbocycles. The smallest absolute Gasteiger partial charge is 0.419 e. The summed E-state index contributed by atoms with van der Waals surface area (Å²) in [4.78, 5) is 7.26. The highest BCUT2D eigenvalue weighted by atomic mass is 19.4. The first-order valence-corrected chi connectivity index (χ1v) is 8.03. The minimum atomic E-state index is -4.55. The van der Waals surface area contributed by atoms with Crippen molar-refractivity contribution in [3.8, 4) is 23.0 Å². The van der Waals surface area contributed by atoms with Crippen LogP contribution in [0.1, 0.15) is 32.8 Å². The fourth-order valence-electron chi connectivity index (χ4n) is 2.65. The van der Waals surface area contributed by atoms with Crippen molar-refractivity contribution in [2.75, 3.05) is 6.61 Å². The molecule has 1 N–H and O–H groups in total. The zero-order chi connectivity index (χ0) is 18.6. The molecule has 0 fully saturated rings. The van der Waals surface area contributed by atoms with Gasteiger partial charge < -0.3 is 9.84 Å². The Bertz CT molecular complexity index is 718. The van der Waals surface area contributed by atoms with Gasteiger partial charge in [0, 0.05) is 11.8 Å². The van der Waals surface area contributed by atoms with Gasteiger partial charge in [-0.1, -0.05) is 20.8 Å². The molecule has 1 atom stereocenters. The van der Waals surface area contributed by atoms with Gasteiger partial charge in [-0.15, -0.1) is 0 Å². The number of hydrogen-bond acceptors (Lipinski definition) is 4. The van der Waals surface area contributed by atoms with E-state index in [2.05, 4.69) is 23.8 Å². The predicted molar refractivity (Wildman–Crippen MR) is 88.2 cm³/mol. The van der Waals surface area contributed by atoms with Crippen molar-refractivity contribution < 1.29 is 23.0 Å². The van der Waals surface area contributed by atoms with Crippen molar-refractivity contribution in [2.45, 2.75) is 33.4 Å². The first-order valence-electron chi connectivity index (χ1n) is 8.03. The second-order valence-corrected chi connectivity index (χ2v) is 6.50. The summed E-state index contributed by atoms with van der Waals surface area (Å²) < 4.78 is 45.6. The summed E-state index contributed by atoms with van der Waals surface area (Å²) in [6, 6.07) is 4.69. The van der Waals surface area contributed by atoms with Gasteiger partial charge in [-0.3, -0.25) is 0 Å². The minimum Gasteiger partial charge on any atom is -0.493 e. The third-order valence-corrected chi connectivity index (χ3v) is 3.62. The largest absolute Gasteiger partial charge is 0.493 e. The van der Waals surface area contributed by atoms with Crippen LogP contribution in [-0.4, -0.2) is 21.7 Å². The van der Waals surface area contributed by atoms with Gasteiger partial charge >= 0.3 is 12.2 Å². The lowest BCUT2D eigenvalue weighted by atomic mass is 10.00. The normalized spacial score (nSPS) is 13.1. The highest BCUT2D eigenvalue weighted by Gasteiger charge is 2.35. The van der Waals surface area contributed by atoms with Gasteiger partial charge in [0.15, 0.2) is 0 Å². The second-order valence-electron chi connectivity index (χ2n) is 6.50. The molecule has 0 saturated heterocycles. The Morgan fingerprint density at radius 2 is 1.88 bits per heavy atom. The van der Waals surface area contributed by atoms with Crippen LogP contribution in [0.3, 0.4) is 0 Å². The van der Waals surface area contributed by atoms with Crippen LogP contribution in [0.25, 0.3) is 11.3 Å². The Morgan fingerprint density at radius 3 is 2.48 bits per heavy atom. The molecule has 0 aliphatic rings. The number of hydrogen-bond donors (Lipinski definition) is 1. The summed E-state index contributed by atoms with van der Waals surface area (Å²) in [5.41, 5.74) is -0.426. The molecule has 0 amide bonds. The summed E-state index contributed by atoms with van der Waals surface area (Å²) in [7, 11) is 0. The Hall–Kier alpha value is -2.31. The minimum absolute atomic E-state index is 0.152. The zero-order valence-corrected chi connectivity index (χ0v) is 14.3. The van der Waals surface area contributed by atoms with Crippen molar-refractivity contribution in [3.05, 3.63) is 36.0 Å². The van der Waals surface area contributed by atoms with E-state index in [1.54, 1.807) is 0 Å². The Labute approximate surface area is 144 Å². The van der Waals surface area contributed by atoms with Crippen LogP contribution in [-0.2, 0) is 6.18 Å². The topological polar surface area (TPSA) is 55.2 Å². The average molecular weight is 354 g/mol. The van der Waals surface area contributed by atoms with Crippen LogP contribution >= 0.6 is 0 Å². The number of aromatic nitrogens is 2. The summed E-state index contributed by atoms with van der Waals surface area (Å²) in [5.74, 6) is 0.401. The third kappa shape index (κ3) is 5.34. The van der Waals surface area contributed by atoms with E-state index in [9.17, 15) is 18.3 Å². The molecule has 0 radical (unpaired) electrons. The molecular formula is C18H21F3N2O2. The monoisotopic (exact) mass is 354 g/mol. The first-order chi connectivity index (χ1) is 11.7. The molecule has 136 valence electrons. The molecule has 0 spiro atoms. The second kappa shape index (κ2) is 7.72. The van der Waals surface area contributed by atoms with E-state index >= 15 is 0 Å². The standard InChI is InChI=1S/C18H21F3N2O2/c1-11(2)8-12(3)10-25-16-5-4-13(9-14(16)18(19,20)21)15-6-7-22-17(24)23-15/h4-7,9,11-12H,8,10H2,1-3H3,(H,22,23,24)/t12-/m1/s1. The van der Waals surface area contributed by atoms with E-state index in [0.717, 1.165) is 12.5 Å². The lowest BCUT2D eigenvalue weighted by Crippen LogP contribution is -2.14. The number of halogens is 3. The SMILES string of the molecule is CC(C)C[C@@H](C)COc1ccc(-c2ccnc(O)n2)cc1C(F)(F)F. The van der Waals surface area contributed by atoms with Crippen molar-refractivity contribution >= 4 is 0 Å². The molecule has 0 aliphatic carbocycles. The first kappa shape index (κ1) is 19.0. The molecule has 0 unspecified atom stereocenters. The van der Waals surface area contributed by atoms with Gasteiger partial charge in [0.2, 0.25) is 0 Å². The van der Waals surface area contributed by atoms with E-state index in [4.69, 9.17) is 4.74 Å². The quantitative estimate of drug-likeness (QED) is 0.799. The molecule has 1 aromatic carbocycles. The van der Waals surface area contributed by atoms with Crippen LogP contribution in [0.2, 0.25) is 0 Å². The molecule has 1 aromatic heterocycles. The van der Waals surface area contributed by atoms with Gasteiger partial charge in [-0.2, -0.15) is 18.2 Å². The number of aromatic hydroxyl groups is 1. The van der Waals surface area contributed by atoms with Crippen molar-refractivity contribution in [2.24, 2.45) is 11.8 Å². The lowest BCUT2D eigenvalue weighted by molar-refractivity contribution is -0.139. The van der Waals surface area contributed by atoms with Crippen molar-refractivity contribution in [3.63, 3.8) is 0 Å². The maximum atomic E-state index is 13.4. The number of rotatable bonds is 6. The van der Waals surface area contributed by atoms with Crippen LogP contribution in [0, 0.1) is 11.8 Å². The molecule has 2 rings (SSSR count). The molecule has 25 heavy (non-hydrogen) atoms. The molecule has 0 bridgehead atoms. The molecule has 7 heteroatoms. The number of nitrogens with zero attached hydrogens (tertiary/aromatic N) is 2. The molecule has 1 heterocycles. The van der Waals surface area contributed by atoms with E-state index in [0.29, 0.717) is 5.92 Å². The fraction of sp³-hybridized carbons (Fsp3) is 0.444. The van der Waals surface area contributed by atoms with E-state index in [1.807, 2.05) is 6.92 Å². The summed E-state index contributed by atoms with van der Waals surface area (Å²) in [6.07, 6.45) is -2.40. The van der Waals surface area contributed by atoms with Crippen LogP contribution in [0.4, 0.5) is 13.2 Å². The van der Waals surface area contributed by atoms with Gasteiger partial charge in [-0.05, 0) is 42.5 Å². The van der Waals surface area contributed by atoms with Crippen LogP contribution < -0.4 is 4.74 Å². The van der Waals surface area contributed by atoms with E-state index < -0.39 is 17.8 Å². The number of alkyl halides is 3. The Morgan fingerprint density at radius 1 is 1.16 bits per heavy atom. The molecule has 0 aliphatic heterocycles. The number of ether oxygens (including phenoxy) is 1. The fourth-order valence-corrected chi connectivity index (χ4v) is 2.65. The Kier molecular flexibility index (Phi) is 5.87. The van der Waals surface area contributed by atoms with Crippen LogP contribution in [0.15, 0.2) is 30.5 Å². The molecular weight excluding hydrogens is 333 g/mol. The highest BCUT2D eigenvalue weighted by Crippen LogP contribution is 2.38. The maximum Gasteiger partial charge on any atom is 0.419 e. The predicted octanol–water partition coefficient (Wildman–Crippen LogP) is 4.93. The maximum absolute atomic E-state index is 13.4. The summed E-state index contributed by atoms with van der Waals surface area (Å²) in [5, 5.41) is 9.31. The number of benzene rings is 1. The van der Waals surface area contributed by atoms with Gasteiger partial charge in [0.1, 0.15) is 5.75 Å². The Balaban J connectivity index is 2.29. The van der Waals surface area contributed by atoms with Gasteiger partial charge in [0.05, 0.1) is 17.9 Å². The van der Waals surface area contributed by atoms with Crippen LogP contribution in [0.5, 0.6) is 11.8 Å². The lowest BCUT2D eigenvalue weighted by Gasteiger charge is -2.18. The van der Waals surface area contributed by atoms with Gasteiger partial charge in [0.25, 0.3) is 0 Å². The van der Waals surface area contributed by atoms with E-state index in [1.165, 1.54) is 24.4 Å². The van der Waals surface area contributed by atoms with E-state index in [-0.39, 0.29) is 29.5 Å². The average Bonchev–Trinajstić information content (AvgIpc) is 2.51. The zero-order valence-electron chi connectivity index (χ0n) is 14.3. The summed E-state index contributed by atoms with van der Waals surface area (Å²) in [6.45, 7) is 6.29.